The summed E-state index contributed by atoms with van der Waals surface area (Å²) in [5.41, 5.74) is 2.18. The Morgan fingerprint density at radius 2 is 1.74 bits per heavy atom. The van der Waals surface area contributed by atoms with E-state index < -0.39 is 23.0 Å². The molecular formula is C31H32BrN3O4. The minimum absolute atomic E-state index is 0.0175. The van der Waals surface area contributed by atoms with E-state index in [-0.39, 0.29) is 17.7 Å². The Morgan fingerprint density at radius 3 is 2.38 bits per heavy atom. The molecule has 4 aliphatic rings. The topological polar surface area (TPSA) is 108 Å². The van der Waals surface area contributed by atoms with Gasteiger partial charge in [-0.3, -0.25) is 14.4 Å². The van der Waals surface area contributed by atoms with Crippen LogP contribution in [-0.4, -0.2) is 39.5 Å². The molecule has 3 N–H and O–H groups in total. The number of carboxylic acid groups (broad SMARTS) is 1. The Kier molecular flexibility index (Phi) is 6.49. The highest BCUT2D eigenvalue weighted by molar-refractivity contribution is 9.10. The third-order valence-electron chi connectivity index (χ3n) is 9.43. The number of fused-ring (bicyclic) bond motifs is 4. The normalized spacial score (nSPS) is 26.2. The highest BCUT2D eigenvalue weighted by Gasteiger charge is 2.59. The van der Waals surface area contributed by atoms with Crippen LogP contribution in [0.15, 0.2) is 53.0 Å². The summed E-state index contributed by atoms with van der Waals surface area (Å²) in [5, 5.41) is 17.4. The van der Waals surface area contributed by atoms with Crippen LogP contribution in [0.2, 0.25) is 0 Å². The van der Waals surface area contributed by atoms with Crippen LogP contribution in [0.25, 0.3) is 22.2 Å². The molecule has 7 rings (SSSR count). The lowest BCUT2D eigenvalue weighted by Crippen LogP contribution is -2.70. The molecule has 2 amide bonds. The van der Waals surface area contributed by atoms with Crippen molar-refractivity contribution in [2.45, 2.75) is 69.9 Å². The smallest absolute Gasteiger partial charge is 0.309 e. The number of aliphatic carboxylic acids is 1. The number of pyridine rings is 1. The van der Waals surface area contributed by atoms with Crippen LogP contribution in [0.5, 0.6) is 0 Å². The first-order valence-corrected chi connectivity index (χ1v) is 14.5. The van der Waals surface area contributed by atoms with Crippen LogP contribution >= 0.6 is 15.9 Å². The molecular weight excluding hydrogens is 558 g/mol. The van der Waals surface area contributed by atoms with Gasteiger partial charge >= 0.3 is 5.97 Å². The second-order valence-corrected chi connectivity index (χ2v) is 12.5. The molecule has 1 unspecified atom stereocenters. The van der Waals surface area contributed by atoms with E-state index in [9.17, 15) is 19.5 Å². The van der Waals surface area contributed by atoms with Gasteiger partial charge in [0.2, 0.25) is 5.91 Å². The monoisotopic (exact) mass is 589 g/mol. The molecule has 7 nitrogen and oxygen atoms in total. The largest absolute Gasteiger partial charge is 0.481 e. The number of hydrogen-bond donors (Lipinski definition) is 3. The Morgan fingerprint density at radius 1 is 1.03 bits per heavy atom. The van der Waals surface area contributed by atoms with Crippen molar-refractivity contribution in [2.75, 3.05) is 0 Å². The molecule has 0 radical (unpaired) electrons. The number of carboxylic acids is 1. The molecule has 1 atom stereocenters. The highest BCUT2D eigenvalue weighted by atomic mass is 79.9. The summed E-state index contributed by atoms with van der Waals surface area (Å²) in [4.78, 5) is 44.5. The second-order valence-electron chi connectivity index (χ2n) is 11.6. The maximum atomic E-state index is 14.3. The zero-order valence-corrected chi connectivity index (χ0v) is 23.5. The number of rotatable bonds is 6. The summed E-state index contributed by atoms with van der Waals surface area (Å²) >= 11 is 3.55. The van der Waals surface area contributed by atoms with Gasteiger partial charge in [0, 0.05) is 21.3 Å². The Balaban J connectivity index is 1.40. The average molecular weight is 591 g/mol. The number of nitrogens with one attached hydrogen (secondary N) is 2. The third-order valence-corrected chi connectivity index (χ3v) is 9.93. The van der Waals surface area contributed by atoms with Crippen LogP contribution in [0.4, 0.5) is 0 Å². The maximum Gasteiger partial charge on any atom is 0.309 e. The minimum Gasteiger partial charge on any atom is -0.481 e. The van der Waals surface area contributed by atoms with E-state index >= 15 is 0 Å². The van der Waals surface area contributed by atoms with Crippen molar-refractivity contribution in [1.82, 2.24) is 15.6 Å². The average Bonchev–Trinajstić information content (AvgIpc) is 2.88. The van der Waals surface area contributed by atoms with Crippen molar-refractivity contribution in [2.24, 2.45) is 11.3 Å². The fourth-order valence-electron chi connectivity index (χ4n) is 6.76. The number of nitrogens with zero attached hydrogens (tertiary/aromatic N) is 1. The summed E-state index contributed by atoms with van der Waals surface area (Å²) in [6.45, 7) is 1.93. The van der Waals surface area contributed by atoms with Crippen molar-refractivity contribution in [3.63, 3.8) is 0 Å². The van der Waals surface area contributed by atoms with Gasteiger partial charge in [0.15, 0.2) is 0 Å². The molecule has 1 heterocycles. The first-order valence-electron chi connectivity index (χ1n) is 13.7. The SMILES string of the molecule is Cc1c(-c2ccccc2)nc2ccc(Br)cc2c1C(=O)NC12CCC(C(=O)O)(CC1)CC2NC(=O)C1CCC1. The Labute approximate surface area is 235 Å². The van der Waals surface area contributed by atoms with Crippen molar-refractivity contribution < 1.29 is 19.5 Å². The van der Waals surface area contributed by atoms with E-state index in [1.54, 1.807) is 0 Å². The van der Waals surface area contributed by atoms with Crippen LogP contribution in [0.1, 0.15) is 67.3 Å². The number of aromatic nitrogens is 1. The number of carbonyl (C=O) groups excluding carboxylic acids is 2. The number of benzene rings is 2. The number of hydrogen-bond acceptors (Lipinski definition) is 4. The van der Waals surface area contributed by atoms with Gasteiger partial charge < -0.3 is 15.7 Å². The first-order chi connectivity index (χ1) is 18.7. The first kappa shape index (κ1) is 26.0. The third kappa shape index (κ3) is 4.42. The van der Waals surface area contributed by atoms with Gasteiger partial charge in [-0.05, 0) is 75.6 Å². The number of halogens is 1. The molecule has 4 saturated carbocycles. The van der Waals surface area contributed by atoms with Crippen LogP contribution in [-0.2, 0) is 9.59 Å². The fourth-order valence-corrected chi connectivity index (χ4v) is 7.13. The predicted octanol–water partition coefficient (Wildman–Crippen LogP) is 5.77. The standard InChI is InChI=1S/C31H32BrN3O4/c1-18-25(22-16-21(32)10-11-23(22)33-26(18)19-6-3-2-4-7-19)28(37)35-31-14-12-30(13-15-31,29(38)39)17-24(31)34-27(36)20-8-5-9-20/h2-4,6-7,10-11,16,20,24H,5,8-9,12-15,17H2,1H3,(H,34,36)(H,35,37)(H,38,39). The van der Waals surface area contributed by atoms with E-state index in [1.165, 1.54) is 0 Å². The van der Waals surface area contributed by atoms with E-state index in [4.69, 9.17) is 4.98 Å². The zero-order valence-electron chi connectivity index (χ0n) is 21.9. The van der Waals surface area contributed by atoms with Gasteiger partial charge in [0.05, 0.1) is 33.8 Å². The predicted molar refractivity (Wildman–Crippen MR) is 152 cm³/mol. The Hall–Kier alpha value is -3.26. The molecule has 4 aliphatic carbocycles. The van der Waals surface area contributed by atoms with Gasteiger partial charge in [-0.25, -0.2) is 4.98 Å². The van der Waals surface area contributed by atoms with Gasteiger partial charge in [-0.1, -0.05) is 52.7 Å². The number of carbonyl (C=O) groups is 3. The summed E-state index contributed by atoms with van der Waals surface area (Å²) in [6.07, 6.45) is 5.08. The Bertz CT molecular complexity index is 1480. The second kappa shape index (κ2) is 9.73. The number of amides is 2. The molecule has 3 aromatic rings. The maximum absolute atomic E-state index is 14.3. The van der Waals surface area contributed by atoms with Crippen LogP contribution < -0.4 is 10.6 Å². The molecule has 8 heteroatoms. The molecule has 1 aromatic heterocycles. The molecule has 0 aliphatic heterocycles. The van der Waals surface area contributed by atoms with E-state index in [1.807, 2.05) is 55.5 Å². The van der Waals surface area contributed by atoms with Gasteiger partial charge in [-0.15, -0.1) is 0 Å². The van der Waals surface area contributed by atoms with Crippen molar-refractivity contribution in [3.8, 4) is 11.3 Å². The van der Waals surface area contributed by atoms with Crippen molar-refractivity contribution in [1.29, 1.82) is 0 Å². The summed E-state index contributed by atoms with van der Waals surface area (Å²) < 4.78 is 0.850. The van der Waals surface area contributed by atoms with E-state index in [2.05, 4.69) is 26.6 Å². The summed E-state index contributed by atoms with van der Waals surface area (Å²) in [6, 6.07) is 15.1. The van der Waals surface area contributed by atoms with Crippen molar-refractivity contribution in [3.05, 3.63) is 64.1 Å². The molecule has 2 aromatic carbocycles. The molecule has 0 spiro atoms. The van der Waals surface area contributed by atoms with E-state index in [0.29, 0.717) is 37.7 Å². The van der Waals surface area contributed by atoms with Crippen molar-refractivity contribution >= 4 is 44.6 Å². The van der Waals surface area contributed by atoms with Crippen LogP contribution in [0, 0.1) is 18.3 Å². The molecule has 2 bridgehead atoms. The highest BCUT2D eigenvalue weighted by Crippen LogP contribution is 2.53. The van der Waals surface area contributed by atoms with Gasteiger partial charge in [0.25, 0.3) is 5.91 Å². The lowest BCUT2D eigenvalue weighted by molar-refractivity contribution is -0.159. The molecule has 202 valence electrons. The zero-order chi connectivity index (χ0) is 27.4. The molecule has 39 heavy (non-hydrogen) atoms. The molecule has 4 fully saturated rings. The quantitative estimate of drug-likeness (QED) is 0.338. The minimum atomic E-state index is -0.853. The summed E-state index contributed by atoms with van der Waals surface area (Å²) in [7, 11) is 0. The lowest BCUT2D eigenvalue weighted by Gasteiger charge is -2.56. The summed E-state index contributed by atoms with van der Waals surface area (Å²) in [5.74, 6) is -1.06. The van der Waals surface area contributed by atoms with Gasteiger partial charge in [-0.2, -0.15) is 0 Å². The van der Waals surface area contributed by atoms with E-state index in [0.717, 1.165) is 51.5 Å². The van der Waals surface area contributed by atoms with Crippen LogP contribution in [0.3, 0.4) is 0 Å². The van der Waals surface area contributed by atoms with Gasteiger partial charge in [0.1, 0.15) is 0 Å². The molecule has 0 saturated heterocycles. The lowest BCUT2D eigenvalue weighted by atomic mass is 9.54. The fraction of sp³-hybridized carbons (Fsp3) is 0.419.